The van der Waals surface area contributed by atoms with Crippen LogP contribution in [0.15, 0.2) is 24.3 Å². The molecule has 0 fully saturated rings. The molecule has 0 saturated carbocycles. The van der Waals surface area contributed by atoms with Crippen molar-refractivity contribution in [3.8, 4) is 5.75 Å². The molecule has 0 saturated heterocycles. The standard InChI is InChI=1S/C14H18N2O5/c1-8(2)15-14(20)16-12(18)9(3)21-13(19)10-4-6-11(17)7-5-10/h4-9,17H,1-3H3,(H2,15,16,18,20). The first-order chi connectivity index (χ1) is 9.79. The van der Waals surface area contributed by atoms with Gasteiger partial charge in [-0.05, 0) is 45.0 Å². The van der Waals surface area contributed by atoms with E-state index in [0.29, 0.717) is 0 Å². The van der Waals surface area contributed by atoms with Crippen LogP contribution in [0.25, 0.3) is 0 Å². The Labute approximate surface area is 122 Å². The Hall–Kier alpha value is -2.57. The number of phenolic OH excluding ortho intramolecular Hbond substituents is 1. The van der Waals surface area contributed by atoms with E-state index in [4.69, 9.17) is 9.84 Å². The van der Waals surface area contributed by atoms with E-state index in [-0.39, 0.29) is 17.4 Å². The van der Waals surface area contributed by atoms with Gasteiger partial charge in [-0.25, -0.2) is 9.59 Å². The van der Waals surface area contributed by atoms with Crippen molar-refractivity contribution in [3.63, 3.8) is 0 Å². The molecule has 0 aliphatic heterocycles. The summed E-state index contributed by atoms with van der Waals surface area (Å²) in [6.45, 7) is 4.85. The lowest BCUT2D eigenvalue weighted by atomic mass is 10.2. The predicted molar refractivity (Wildman–Crippen MR) is 74.8 cm³/mol. The second-order valence-corrected chi connectivity index (χ2v) is 4.71. The maximum absolute atomic E-state index is 11.7. The number of imide groups is 1. The minimum absolute atomic E-state index is 0.0164. The van der Waals surface area contributed by atoms with Gasteiger partial charge in [-0.1, -0.05) is 0 Å². The molecule has 3 amide bonds. The second kappa shape index (κ2) is 7.28. The highest BCUT2D eigenvalue weighted by Crippen LogP contribution is 2.11. The Morgan fingerprint density at radius 2 is 1.67 bits per heavy atom. The normalized spacial score (nSPS) is 11.6. The Morgan fingerprint density at radius 3 is 2.19 bits per heavy atom. The fraction of sp³-hybridized carbons (Fsp3) is 0.357. The number of ether oxygens (including phenoxy) is 1. The average Bonchev–Trinajstić information content (AvgIpc) is 2.38. The monoisotopic (exact) mass is 294 g/mol. The first-order valence-corrected chi connectivity index (χ1v) is 6.41. The van der Waals surface area contributed by atoms with Crippen molar-refractivity contribution in [2.75, 3.05) is 0 Å². The molecule has 21 heavy (non-hydrogen) atoms. The largest absolute Gasteiger partial charge is 0.508 e. The number of hydrogen-bond donors (Lipinski definition) is 3. The number of benzene rings is 1. The number of carbonyl (C=O) groups excluding carboxylic acids is 3. The maximum atomic E-state index is 11.7. The minimum Gasteiger partial charge on any atom is -0.508 e. The summed E-state index contributed by atoms with van der Waals surface area (Å²) in [6.07, 6.45) is -1.12. The van der Waals surface area contributed by atoms with Crippen LogP contribution in [0.1, 0.15) is 31.1 Å². The highest BCUT2D eigenvalue weighted by atomic mass is 16.5. The molecular formula is C14H18N2O5. The van der Waals surface area contributed by atoms with E-state index in [2.05, 4.69) is 10.6 Å². The van der Waals surface area contributed by atoms with Crippen LogP contribution in [0.4, 0.5) is 4.79 Å². The third kappa shape index (κ3) is 5.52. The smallest absolute Gasteiger partial charge is 0.338 e. The molecule has 0 heterocycles. The Morgan fingerprint density at radius 1 is 1.10 bits per heavy atom. The van der Waals surface area contributed by atoms with Gasteiger partial charge in [0.1, 0.15) is 5.75 Å². The van der Waals surface area contributed by atoms with Crippen molar-refractivity contribution in [2.45, 2.75) is 32.9 Å². The second-order valence-electron chi connectivity index (χ2n) is 4.71. The number of urea groups is 1. The summed E-state index contributed by atoms with van der Waals surface area (Å²) in [6, 6.07) is 4.63. The molecule has 3 N–H and O–H groups in total. The van der Waals surface area contributed by atoms with Crippen molar-refractivity contribution in [1.82, 2.24) is 10.6 Å². The molecule has 0 aliphatic rings. The Kier molecular flexibility index (Phi) is 5.71. The van der Waals surface area contributed by atoms with Gasteiger partial charge in [0.15, 0.2) is 6.10 Å². The number of aromatic hydroxyl groups is 1. The van der Waals surface area contributed by atoms with Crippen LogP contribution in [0, 0.1) is 0 Å². The molecule has 1 atom stereocenters. The zero-order chi connectivity index (χ0) is 16.0. The van der Waals surface area contributed by atoms with E-state index in [1.54, 1.807) is 13.8 Å². The zero-order valence-corrected chi connectivity index (χ0v) is 12.0. The van der Waals surface area contributed by atoms with Crippen LogP contribution in [-0.4, -0.2) is 35.2 Å². The van der Waals surface area contributed by atoms with Gasteiger partial charge in [-0.2, -0.15) is 0 Å². The maximum Gasteiger partial charge on any atom is 0.338 e. The summed E-state index contributed by atoms with van der Waals surface area (Å²) >= 11 is 0. The number of rotatable bonds is 4. The molecule has 0 radical (unpaired) electrons. The Bertz CT molecular complexity index is 525. The van der Waals surface area contributed by atoms with Crippen LogP contribution in [0.5, 0.6) is 5.75 Å². The molecule has 1 aromatic carbocycles. The van der Waals surface area contributed by atoms with Gasteiger partial charge in [0, 0.05) is 6.04 Å². The summed E-state index contributed by atoms with van der Waals surface area (Å²) in [5.41, 5.74) is 0.194. The zero-order valence-electron chi connectivity index (χ0n) is 12.0. The lowest BCUT2D eigenvalue weighted by Crippen LogP contribution is -2.46. The van der Waals surface area contributed by atoms with Crippen LogP contribution < -0.4 is 10.6 Å². The van der Waals surface area contributed by atoms with Gasteiger partial charge in [-0.3, -0.25) is 10.1 Å². The molecule has 114 valence electrons. The van der Waals surface area contributed by atoms with E-state index in [0.717, 1.165) is 0 Å². The molecule has 1 rings (SSSR count). The van der Waals surface area contributed by atoms with Gasteiger partial charge < -0.3 is 15.2 Å². The van der Waals surface area contributed by atoms with Crippen LogP contribution in [0.3, 0.4) is 0 Å². The summed E-state index contributed by atoms with van der Waals surface area (Å²) in [4.78, 5) is 34.8. The molecule has 1 unspecified atom stereocenters. The lowest BCUT2D eigenvalue weighted by molar-refractivity contribution is -0.127. The van der Waals surface area contributed by atoms with Gasteiger partial charge in [0.05, 0.1) is 5.56 Å². The van der Waals surface area contributed by atoms with Crippen LogP contribution >= 0.6 is 0 Å². The van der Waals surface area contributed by atoms with Crippen molar-refractivity contribution in [3.05, 3.63) is 29.8 Å². The number of phenols is 1. The van der Waals surface area contributed by atoms with Gasteiger partial charge in [-0.15, -0.1) is 0 Å². The van der Waals surface area contributed by atoms with Crippen molar-refractivity contribution in [1.29, 1.82) is 0 Å². The molecule has 0 aliphatic carbocycles. The Balaban J connectivity index is 2.53. The third-order valence-corrected chi connectivity index (χ3v) is 2.41. The molecule has 7 nitrogen and oxygen atoms in total. The number of amides is 3. The van der Waals surface area contributed by atoms with E-state index in [9.17, 15) is 14.4 Å². The molecule has 1 aromatic rings. The number of hydrogen-bond acceptors (Lipinski definition) is 5. The molecule has 7 heteroatoms. The summed E-state index contributed by atoms with van der Waals surface area (Å²) in [7, 11) is 0. The van der Waals surface area contributed by atoms with Crippen molar-refractivity contribution >= 4 is 17.9 Å². The van der Waals surface area contributed by atoms with Crippen molar-refractivity contribution in [2.24, 2.45) is 0 Å². The summed E-state index contributed by atoms with van der Waals surface area (Å²) < 4.78 is 4.93. The number of nitrogens with one attached hydrogen (secondary N) is 2. The van der Waals surface area contributed by atoms with Gasteiger partial charge in [0.25, 0.3) is 5.91 Å². The summed E-state index contributed by atoms with van der Waals surface area (Å²) in [5.74, 6) is -1.43. The van der Waals surface area contributed by atoms with Gasteiger partial charge >= 0.3 is 12.0 Å². The SMILES string of the molecule is CC(C)NC(=O)NC(=O)C(C)OC(=O)c1ccc(O)cc1. The van der Waals surface area contributed by atoms with Crippen LogP contribution in [0.2, 0.25) is 0 Å². The fourth-order valence-corrected chi connectivity index (χ4v) is 1.39. The predicted octanol–water partition coefficient (Wildman–Crippen LogP) is 1.17. The fourth-order valence-electron chi connectivity index (χ4n) is 1.39. The molecular weight excluding hydrogens is 276 g/mol. The van der Waals surface area contributed by atoms with Crippen molar-refractivity contribution < 1.29 is 24.2 Å². The minimum atomic E-state index is -1.12. The van der Waals surface area contributed by atoms with E-state index in [1.807, 2.05) is 0 Å². The van der Waals surface area contributed by atoms with E-state index < -0.39 is 24.0 Å². The highest BCUT2D eigenvalue weighted by Gasteiger charge is 2.20. The lowest BCUT2D eigenvalue weighted by Gasteiger charge is -2.14. The van der Waals surface area contributed by atoms with Crippen LogP contribution in [-0.2, 0) is 9.53 Å². The molecule has 0 aromatic heterocycles. The third-order valence-electron chi connectivity index (χ3n) is 2.41. The van der Waals surface area contributed by atoms with Gasteiger partial charge in [0.2, 0.25) is 0 Å². The number of carbonyl (C=O) groups is 3. The molecule has 0 spiro atoms. The highest BCUT2D eigenvalue weighted by molar-refractivity contribution is 5.98. The first-order valence-electron chi connectivity index (χ1n) is 6.41. The number of esters is 1. The topological polar surface area (TPSA) is 105 Å². The average molecular weight is 294 g/mol. The first kappa shape index (κ1) is 16.5. The quantitative estimate of drug-likeness (QED) is 0.723. The molecule has 0 bridgehead atoms. The van der Waals surface area contributed by atoms with E-state index >= 15 is 0 Å². The summed E-state index contributed by atoms with van der Waals surface area (Å²) in [5, 5.41) is 13.7. The van der Waals surface area contributed by atoms with E-state index in [1.165, 1.54) is 31.2 Å².